The van der Waals surface area contributed by atoms with Gasteiger partial charge in [0.15, 0.2) is 17.4 Å². The van der Waals surface area contributed by atoms with E-state index in [1.54, 1.807) is 23.1 Å². The van der Waals surface area contributed by atoms with Crippen molar-refractivity contribution in [3.8, 4) is 17.0 Å². The van der Waals surface area contributed by atoms with Crippen molar-refractivity contribution in [3.63, 3.8) is 0 Å². The summed E-state index contributed by atoms with van der Waals surface area (Å²) in [7, 11) is 6.73. The first-order chi connectivity index (χ1) is 22.0. The van der Waals surface area contributed by atoms with Gasteiger partial charge in [-0.25, -0.2) is 9.37 Å². The minimum atomic E-state index is -1.13. The Morgan fingerprint density at radius 2 is 1.80 bits per heavy atom. The van der Waals surface area contributed by atoms with E-state index in [-0.39, 0.29) is 40.6 Å². The smallest absolute Gasteiger partial charge is 0.291 e. The van der Waals surface area contributed by atoms with Crippen molar-refractivity contribution in [2.45, 2.75) is 26.2 Å². The molecular formula is C33H42F2N6O5. The number of carbonyl (C=O) groups is 3. The minimum absolute atomic E-state index is 0.00686. The molecule has 46 heavy (non-hydrogen) atoms. The van der Waals surface area contributed by atoms with Crippen LogP contribution in [0, 0.1) is 17.6 Å². The summed E-state index contributed by atoms with van der Waals surface area (Å²) in [5.74, 6) is -3.30. The lowest BCUT2D eigenvalue weighted by Crippen LogP contribution is -2.43. The number of amides is 3. The Bertz CT molecular complexity index is 1550. The van der Waals surface area contributed by atoms with Gasteiger partial charge in [-0.3, -0.25) is 14.4 Å². The molecule has 0 radical (unpaired) electrons. The van der Waals surface area contributed by atoms with Crippen LogP contribution >= 0.6 is 0 Å². The molecule has 0 aliphatic carbocycles. The average molecular weight is 641 g/mol. The molecule has 1 saturated heterocycles. The fraction of sp³-hybridized carbons (Fsp3) is 0.455. The van der Waals surface area contributed by atoms with Crippen molar-refractivity contribution < 1.29 is 32.6 Å². The maximum absolute atomic E-state index is 14.7. The van der Waals surface area contributed by atoms with Crippen LogP contribution in [0.1, 0.15) is 46.3 Å². The number of nitrogens with one attached hydrogen (secondary N) is 2. The zero-order valence-corrected chi connectivity index (χ0v) is 27.0. The number of aromatic nitrogens is 2. The van der Waals surface area contributed by atoms with E-state index in [1.807, 2.05) is 25.9 Å². The highest BCUT2D eigenvalue weighted by molar-refractivity contribution is 6.03. The lowest BCUT2D eigenvalue weighted by atomic mass is 9.94. The average Bonchev–Trinajstić information content (AvgIpc) is 3.44. The van der Waals surface area contributed by atoms with Crippen LogP contribution < -0.4 is 15.4 Å². The normalized spacial score (nSPS) is 13.6. The number of halogens is 2. The van der Waals surface area contributed by atoms with Gasteiger partial charge in [-0.2, -0.15) is 4.39 Å². The molecule has 0 saturated carbocycles. The number of benzene rings is 2. The van der Waals surface area contributed by atoms with Crippen LogP contribution in [0.5, 0.6) is 5.75 Å². The number of hydrogen-bond donors (Lipinski definition) is 2. The van der Waals surface area contributed by atoms with Gasteiger partial charge in [-0.15, -0.1) is 0 Å². The summed E-state index contributed by atoms with van der Waals surface area (Å²) in [6.45, 7) is 5.21. The number of aryl methyl sites for hydroxylation is 1. The van der Waals surface area contributed by atoms with Crippen molar-refractivity contribution in [2.75, 3.05) is 65.9 Å². The van der Waals surface area contributed by atoms with Gasteiger partial charge in [-0.1, -0.05) is 6.92 Å². The third-order valence-electron chi connectivity index (χ3n) is 8.09. The maximum Gasteiger partial charge on any atom is 0.291 e. The van der Waals surface area contributed by atoms with E-state index >= 15 is 0 Å². The van der Waals surface area contributed by atoms with Gasteiger partial charge >= 0.3 is 0 Å². The molecule has 2 aromatic carbocycles. The quantitative estimate of drug-likeness (QED) is 0.274. The number of rotatable bonds is 13. The number of likely N-dealkylation sites (tertiary alicyclic amines) is 1. The van der Waals surface area contributed by atoms with Gasteiger partial charge in [0.05, 0.1) is 32.2 Å². The Labute approximate surface area is 267 Å². The number of likely N-dealkylation sites (N-methyl/N-ethyl adjacent to an activating group) is 1. The topological polar surface area (TPSA) is 118 Å². The number of hydrogen-bond acceptors (Lipinski definition) is 7. The Morgan fingerprint density at radius 3 is 2.48 bits per heavy atom. The second-order valence-corrected chi connectivity index (χ2v) is 11.4. The number of imidazole rings is 1. The number of piperidine rings is 1. The van der Waals surface area contributed by atoms with Gasteiger partial charge in [0, 0.05) is 56.0 Å². The molecule has 4 rings (SSSR count). The molecule has 1 aliphatic heterocycles. The van der Waals surface area contributed by atoms with Crippen LogP contribution in [0.4, 0.5) is 14.5 Å². The Kier molecular flexibility index (Phi) is 11.8. The van der Waals surface area contributed by atoms with Gasteiger partial charge < -0.3 is 34.5 Å². The Balaban J connectivity index is 1.34. The molecule has 1 aliphatic rings. The van der Waals surface area contributed by atoms with E-state index < -0.39 is 17.5 Å². The van der Waals surface area contributed by atoms with Gasteiger partial charge in [0.2, 0.25) is 11.7 Å². The van der Waals surface area contributed by atoms with E-state index in [2.05, 4.69) is 15.6 Å². The fourth-order valence-corrected chi connectivity index (χ4v) is 5.37. The van der Waals surface area contributed by atoms with Crippen LogP contribution in [0.3, 0.4) is 0 Å². The summed E-state index contributed by atoms with van der Waals surface area (Å²) in [4.78, 5) is 47.1. The standard InChI is InChI=1S/C33H42F2N6O5/c1-6-21-19-23(38-32(43)30-37-20-26(40(30)4)25-9-10-27(45-5)29(35)28(25)34)7-8-24(21)33(44)41-14-11-22(12-15-41)31(42)36-13-17-46-18-16-39(2)3/h7-10,19-20,22H,6,11-18H2,1-5H3,(H,36,42)(H,38,43). The van der Waals surface area contributed by atoms with E-state index in [4.69, 9.17) is 9.47 Å². The number of anilines is 1. The first kappa shape index (κ1) is 34.5. The molecule has 0 unspecified atom stereocenters. The minimum Gasteiger partial charge on any atom is -0.494 e. The van der Waals surface area contributed by atoms with Crippen LogP contribution in [0.15, 0.2) is 36.5 Å². The monoisotopic (exact) mass is 640 g/mol. The summed E-state index contributed by atoms with van der Waals surface area (Å²) >= 11 is 0. The molecule has 13 heteroatoms. The highest BCUT2D eigenvalue weighted by Crippen LogP contribution is 2.30. The van der Waals surface area contributed by atoms with Gasteiger partial charge in [0.25, 0.3) is 11.8 Å². The van der Waals surface area contributed by atoms with Crippen molar-refractivity contribution in [3.05, 3.63) is 65.1 Å². The lowest BCUT2D eigenvalue weighted by Gasteiger charge is -2.32. The SMILES string of the molecule is CCc1cc(NC(=O)c2ncc(-c3ccc(OC)c(F)c3F)n2C)ccc1C(=O)N1CCC(C(=O)NCCOCCN(C)C)CC1. The molecule has 1 aromatic heterocycles. The summed E-state index contributed by atoms with van der Waals surface area (Å²) in [6.07, 6.45) is 3.00. The predicted molar refractivity (Wildman–Crippen MR) is 170 cm³/mol. The third kappa shape index (κ3) is 8.07. The summed E-state index contributed by atoms with van der Waals surface area (Å²) < 4.78 is 40.7. The molecule has 248 valence electrons. The number of ether oxygens (including phenoxy) is 2. The number of methoxy groups -OCH3 is 1. The van der Waals surface area contributed by atoms with Gasteiger partial charge in [0.1, 0.15) is 0 Å². The fourth-order valence-electron chi connectivity index (χ4n) is 5.37. The zero-order chi connectivity index (χ0) is 33.4. The molecule has 0 spiro atoms. The van der Waals surface area contributed by atoms with Crippen LogP contribution in [-0.4, -0.2) is 97.7 Å². The molecule has 1 fully saturated rings. The molecule has 3 amide bonds. The largest absolute Gasteiger partial charge is 0.494 e. The van der Waals surface area contributed by atoms with Crippen LogP contribution in [0.25, 0.3) is 11.3 Å². The summed E-state index contributed by atoms with van der Waals surface area (Å²) in [6, 6.07) is 7.75. The Morgan fingerprint density at radius 1 is 1.07 bits per heavy atom. The molecule has 3 aromatic rings. The van der Waals surface area contributed by atoms with E-state index in [0.717, 1.165) is 12.1 Å². The van der Waals surface area contributed by atoms with Crippen LogP contribution in [0.2, 0.25) is 0 Å². The summed E-state index contributed by atoms with van der Waals surface area (Å²) in [5.41, 5.74) is 1.91. The molecule has 0 atom stereocenters. The number of nitrogens with zero attached hydrogens (tertiary/aromatic N) is 4. The molecule has 2 heterocycles. The van der Waals surface area contributed by atoms with Crippen molar-refractivity contribution in [1.82, 2.24) is 24.7 Å². The van der Waals surface area contributed by atoms with Crippen molar-refractivity contribution >= 4 is 23.4 Å². The summed E-state index contributed by atoms with van der Waals surface area (Å²) in [5, 5.41) is 5.72. The molecular weight excluding hydrogens is 598 g/mol. The second kappa shape index (κ2) is 15.8. The first-order valence-corrected chi connectivity index (χ1v) is 15.3. The molecule has 2 N–H and O–H groups in total. The van der Waals surface area contributed by atoms with Crippen molar-refractivity contribution in [1.29, 1.82) is 0 Å². The maximum atomic E-state index is 14.7. The highest BCUT2D eigenvalue weighted by atomic mass is 19.2. The zero-order valence-electron chi connectivity index (χ0n) is 27.0. The molecule has 0 bridgehead atoms. The number of carbonyl (C=O) groups excluding carboxylic acids is 3. The second-order valence-electron chi connectivity index (χ2n) is 11.4. The van der Waals surface area contributed by atoms with Gasteiger partial charge in [-0.05, 0) is 69.3 Å². The lowest BCUT2D eigenvalue weighted by molar-refractivity contribution is -0.126. The van der Waals surface area contributed by atoms with E-state index in [9.17, 15) is 23.2 Å². The predicted octanol–water partition coefficient (Wildman–Crippen LogP) is 3.74. The van der Waals surface area contributed by atoms with Crippen LogP contribution in [-0.2, 0) is 23.0 Å². The third-order valence-corrected chi connectivity index (χ3v) is 8.09. The Hall–Kier alpha value is -4.36. The van der Waals surface area contributed by atoms with E-state index in [1.165, 1.54) is 37.1 Å². The first-order valence-electron chi connectivity index (χ1n) is 15.3. The van der Waals surface area contributed by atoms with Crippen molar-refractivity contribution in [2.24, 2.45) is 13.0 Å². The van der Waals surface area contributed by atoms with E-state index in [0.29, 0.717) is 63.4 Å². The highest BCUT2D eigenvalue weighted by Gasteiger charge is 2.29. The molecule has 11 nitrogen and oxygen atoms in total.